The maximum absolute atomic E-state index is 12.7. The van der Waals surface area contributed by atoms with Gasteiger partial charge in [0.25, 0.3) is 5.56 Å². The summed E-state index contributed by atoms with van der Waals surface area (Å²) in [5.41, 5.74) is -0.114. The zero-order valence-corrected chi connectivity index (χ0v) is 15.5. The van der Waals surface area contributed by atoms with Crippen LogP contribution in [0.3, 0.4) is 0 Å². The highest BCUT2D eigenvalue weighted by atomic mass is 32.1. The van der Waals surface area contributed by atoms with Crippen molar-refractivity contribution in [3.8, 4) is 0 Å². The minimum absolute atomic E-state index is 0.0690. The van der Waals surface area contributed by atoms with Gasteiger partial charge in [0.05, 0.1) is 11.9 Å². The van der Waals surface area contributed by atoms with Crippen molar-refractivity contribution in [2.75, 3.05) is 0 Å². The predicted octanol–water partition coefficient (Wildman–Crippen LogP) is 2.61. The Labute approximate surface area is 160 Å². The van der Waals surface area contributed by atoms with E-state index >= 15 is 0 Å². The summed E-state index contributed by atoms with van der Waals surface area (Å²) in [6.45, 7) is 0.226. The van der Waals surface area contributed by atoms with Crippen LogP contribution >= 0.6 is 22.7 Å². The Morgan fingerprint density at radius 2 is 2.04 bits per heavy atom. The molecule has 0 saturated carbocycles. The highest BCUT2D eigenvalue weighted by molar-refractivity contribution is 7.20. The fourth-order valence-corrected chi connectivity index (χ4v) is 4.04. The van der Waals surface area contributed by atoms with Gasteiger partial charge in [-0.2, -0.15) is 0 Å². The quantitative estimate of drug-likeness (QED) is 0.521. The van der Waals surface area contributed by atoms with E-state index in [1.165, 1.54) is 17.4 Å². The monoisotopic (exact) mass is 399 g/mol. The second kappa shape index (κ2) is 7.29. The van der Waals surface area contributed by atoms with E-state index in [0.717, 1.165) is 21.5 Å². The van der Waals surface area contributed by atoms with E-state index in [1.54, 1.807) is 11.6 Å². The molecule has 27 heavy (non-hydrogen) atoms. The van der Waals surface area contributed by atoms with Crippen molar-refractivity contribution < 1.29 is 9.53 Å². The molecule has 0 amide bonds. The van der Waals surface area contributed by atoms with Crippen LogP contribution in [0.25, 0.3) is 10.2 Å². The summed E-state index contributed by atoms with van der Waals surface area (Å²) in [6.07, 6.45) is 1.63. The number of thiazole rings is 1. The molecule has 4 aromatic rings. The summed E-state index contributed by atoms with van der Waals surface area (Å²) in [6, 6.07) is 10.7. The Morgan fingerprint density at radius 1 is 1.22 bits per heavy atom. The number of ether oxygens (including phenoxy) is 1. The number of rotatable bonds is 5. The highest BCUT2D eigenvalue weighted by Gasteiger charge is 2.17. The molecule has 0 aliphatic rings. The van der Waals surface area contributed by atoms with Crippen LogP contribution in [-0.2, 0) is 17.9 Å². The standard InChI is InChI=1S/C18H13N3O4S2/c22-16-12-8-13(17(23)25-10-14-19-6-7-26-14)27-15(12)20-18(24)21(16)9-11-4-2-1-3-5-11/h1-8H,9-10H2,(H,20,24). The first kappa shape index (κ1) is 17.4. The zero-order valence-electron chi connectivity index (χ0n) is 13.9. The predicted molar refractivity (Wildman–Crippen MR) is 103 cm³/mol. The molecule has 1 N–H and O–H groups in total. The summed E-state index contributed by atoms with van der Waals surface area (Å²) < 4.78 is 6.34. The van der Waals surface area contributed by atoms with E-state index < -0.39 is 17.2 Å². The van der Waals surface area contributed by atoms with E-state index in [4.69, 9.17) is 4.74 Å². The number of aromatic amines is 1. The number of fused-ring (bicyclic) bond motifs is 1. The molecule has 0 fully saturated rings. The number of nitrogens with zero attached hydrogens (tertiary/aromatic N) is 2. The summed E-state index contributed by atoms with van der Waals surface area (Å²) in [5.74, 6) is -0.554. The number of hydrogen-bond acceptors (Lipinski definition) is 7. The maximum atomic E-state index is 12.7. The number of benzene rings is 1. The van der Waals surface area contributed by atoms with Gasteiger partial charge in [0.1, 0.15) is 21.3 Å². The van der Waals surface area contributed by atoms with Crippen molar-refractivity contribution in [2.24, 2.45) is 0 Å². The number of thiophene rings is 1. The van der Waals surface area contributed by atoms with E-state index in [9.17, 15) is 14.4 Å². The first-order valence-corrected chi connectivity index (χ1v) is 9.67. The van der Waals surface area contributed by atoms with Gasteiger partial charge in [0.2, 0.25) is 0 Å². The smallest absolute Gasteiger partial charge is 0.348 e. The summed E-state index contributed by atoms with van der Waals surface area (Å²) in [7, 11) is 0. The van der Waals surface area contributed by atoms with Gasteiger partial charge in [-0.25, -0.2) is 14.6 Å². The average Bonchev–Trinajstić information content (AvgIpc) is 3.34. The van der Waals surface area contributed by atoms with Crippen molar-refractivity contribution in [1.82, 2.24) is 14.5 Å². The lowest BCUT2D eigenvalue weighted by atomic mass is 10.2. The van der Waals surface area contributed by atoms with Gasteiger partial charge in [-0.05, 0) is 11.6 Å². The first-order chi connectivity index (χ1) is 13.1. The Kier molecular flexibility index (Phi) is 4.69. The van der Waals surface area contributed by atoms with Crippen molar-refractivity contribution in [3.63, 3.8) is 0 Å². The van der Waals surface area contributed by atoms with Gasteiger partial charge in [-0.15, -0.1) is 22.7 Å². The van der Waals surface area contributed by atoms with Gasteiger partial charge in [0, 0.05) is 11.6 Å². The van der Waals surface area contributed by atoms with Crippen molar-refractivity contribution >= 4 is 38.9 Å². The fourth-order valence-electron chi connectivity index (χ4n) is 2.58. The van der Waals surface area contributed by atoms with Crippen LogP contribution in [0.2, 0.25) is 0 Å². The summed E-state index contributed by atoms with van der Waals surface area (Å²) in [4.78, 5) is 44.6. The minimum atomic E-state index is -0.554. The van der Waals surface area contributed by atoms with Crippen LogP contribution < -0.4 is 11.2 Å². The molecule has 0 bridgehead atoms. The molecule has 3 heterocycles. The van der Waals surface area contributed by atoms with Crippen LogP contribution in [0.4, 0.5) is 0 Å². The van der Waals surface area contributed by atoms with Gasteiger partial charge >= 0.3 is 11.7 Å². The molecule has 7 nitrogen and oxygen atoms in total. The number of nitrogens with one attached hydrogen (secondary N) is 1. The van der Waals surface area contributed by atoms with E-state index in [1.807, 2.05) is 30.3 Å². The molecule has 0 radical (unpaired) electrons. The number of carbonyl (C=O) groups excluding carboxylic acids is 1. The third kappa shape index (κ3) is 3.60. The Balaban J connectivity index is 1.64. The molecule has 0 saturated heterocycles. The molecule has 136 valence electrons. The SMILES string of the molecule is O=C(OCc1nccs1)c1cc2c(=O)n(Cc3ccccc3)c(=O)[nH]c2s1. The molecule has 9 heteroatoms. The third-order valence-electron chi connectivity index (χ3n) is 3.87. The van der Waals surface area contributed by atoms with E-state index in [2.05, 4.69) is 9.97 Å². The zero-order chi connectivity index (χ0) is 18.8. The molecule has 0 aliphatic carbocycles. The lowest BCUT2D eigenvalue weighted by molar-refractivity contribution is 0.0478. The van der Waals surface area contributed by atoms with Crippen molar-refractivity contribution in [2.45, 2.75) is 13.2 Å². The Morgan fingerprint density at radius 3 is 2.78 bits per heavy atom. The lowest BCUT2D eigenvalue weighted by Crippen LogP contribution is -2.34. The van der Waals surface area contributed by atoms with Crippen LogP contribution in [0, 0.1) is 0 Å². The molecule has 3 aromatic heterocycles. The first-order valence-electron chi connectivity index (χ1n) is 7.98. The summed E-state index contributed by atoms with van der Waals surface area (Å²) >= 11 is 2.41. The van der Waals surface area contributed by atoms with Crippen molar-refractivity contribution in [1.29, 1.82) is 0 Å². The second-order valence-electron chi connectivity index (χ2n) is 5.66. The van der Waals surface area contributed by atoms with E-state index in [0.29, 0.717) is 9.84 Å². The lowest BCUT2D eigenvalue weighted by Gasteiger charge is -2.04. The van der Waals surface area contributed by atoms with Gasteiger partial charge in [0.15, 0.2) is 0 Å². The number of aromatic nitrogens is 3. The Hall–Kier alpha value is -3.04. The normalized spacial score (nSPS) is 11.0. The molecular formula is C18H13N3O4S2. The van der Waals surface area contributed by atoms with Gasteiger partial charge in [-0.3, -0.25) is 14.3 Å². The molecule has 0 aliphatic heterocycles. The van der Waals surface area contributed by atoms with Crippen LogP contribution in [0.1, 0.15) is 20.2 Å². The van der Waals surface area contributed by atoms with Gasteiger partial charge in [-0.1, -0.05) is 30.3 Å². The topological polar surface area (TPSA) is 94.0 Å². The van der Waals surface area contributed by atoms with E-state index in [-0.39, 0.29) is 23.4 Å². The fraction of sp³-hybridized carbons (Fsp3) is 0.111. The maximum Gasteiger partial charge on any atom is 0.348 e. The van der Waals surface area contributed by atoms with Gasteiger partial charge < -0.3 is 4.74 Å². The summed E-state index contributed by atoms with van der Waals surface area (Å²) in [5, 5.41) is 2.77. The molecule has 0 spiro atoms. The molecule has 0 unspecified atom stereocenters. The van der Waals surface area contributed by atoms with Crippen LogP contribution in [0.5, 0.6) is 0 Å². The molecule has 1 aromatic carbocycles. The molecular weight excluding hydrogens is 386 g/mol. The van der Waals surface area contributed by atoms with Crippen molar-refractivity contribution in [3.05, 3.63) is 84.3 Å². The molecule has 0 atom stereocenters. The van der Waals surface area contributed by atoms with Crippen LogP contribution in [-0.4, -0.2) is 20.5 Å². The number of hydrogen-bond donors (Lipinski definition) is 1. The second-order valence-corrected chi connectivity index (χ2v) is 7.69. The Bertz CT molecular complexity index is 1210. The molecule has 4 rings (SSSR count). The third-order valence-corrected chi connectivity index (χ3v) is 5.65. The average molecular weight is 399 g/mol. The number of esters is 1. The number of H-pyrrole nitrogens is 1. The van der Waals surface area contributed by atoms with Crippen LogP contribution in [0.15, 0.2) is 57.6 Å². The highest BCUT2D eigenvalue weighted by Crippen LogP contribution is 2.21. The minimum Gasteiger partial charge on any atom is -0.454 e. The largest absolute Gasteiger partial charge is 0.454 e. The number of carbonyl (C=O) groups is 1.